The number of hydrogen-bond acceptors (Lipinski definition) is 2. The summed E-state index contributed by atoms with van der Waals surface area (Å²) in [6.07, 6.45) is 0. The number of rotatable bonds is 0. The molecule has 0 spiro atoms. The van der Waals surface area contributed by atoms with Crippen molar-refractivity contribution in [1.82, 2.24) is 0 Å². The molecule has 0 aromatic carbocycles. The van der Waals surface area contributed by atoms with Gasteiger partial charge in [0.05, 0.1) is 7.11 Å². The van der Waals surface area contributed by atoms with Gasteiger partial charge in [-0.25, -0.2) is 0 Å². The van der Waals surface area contributed by atoms with Crippen molar-refractivity contribution in [2.24, 2.45) is 0 Å². The summed E-state index contributed by atoms with van der Waals surface area (Å²) in [5, 5.41) is 10.1. The molecule has 5 heteroatoms. The average Bonchev–Trinajstić information content (AvgIpc) is 1.77. The minimum absolute atomic E-state index is 0.839. The summed E-state index contributed by atoms with van der Waals surface area (Å²) in [4.78, 5) is 0. The summed E-state index contributed by atoms with van der Waals surface area (Å²) in [6, 6.07) is 0.912. The van der Waals surface area contributed by atoms with Crippen LogP contribution in [-0.2, 0) is 4.43 Å². The second kappa shape index (κ2) is 3.04. The second-order valence-electron chi connectivity index (χ2n) is 6.47. The molecule has 14 heavy (non-hydrogen) atoms. The molecule has 0 amide bonds. The van der Waals surface area contributed by atoms with Gasteiger partial charge in [0.15, 0.2) is 7.83 Å². The second-order valence-corrected chi connectivity index (χ2v) is 33.7. The average molecular weight is 249 g/mol. The van der Waals surface area contributed by atoms with E-state index in [4.69, 9.17) is 4.43 Å². The fourth-order valence-electron chi connectivity index (χ4n) is 2.57. The lowest BCUT2D eigenvalue weighted by atomic mass is 10.4. The first-order valence-electron chi connectivity index (χ1n) is 5.34. The van der Waals surface area contributed by atoms with Gasteiger partial charge in [-0.1, -0.05) is 26.2 Å². The van der Waals surface area contributed by atoms with Crippen molar-refractivity contribution >= 4 is 22.5 Å². The van der Waals surface area contributed by atoms with Gasteiger partial charge in [0.1, 0.15) is 5.79 Å². The monoisotopic (exact) mass is 248 g/mol. The van der Waals surface area contributed by atoms with Gasteiger partial charge >= 0.3 is 0 Å². The molecular formula is C9H24O2Si3. The smallest absolute Gasteiger partial charge is 0.175 e. The van der Waals surface area contributed by atoms with Gasteiger partial charge in [-0.3, -0.25) is 0 Å². The van der Waals surface area contributed by atoms with Crippen molar-refractivity contribution in [3.05, 3.63) is 0 Å². The molecule has 1 aliphatic rings. The predicted molar refractivity (Wildman–Crippen MR) is 69.0 cm³/mol. The lowest BCUT2D eigenvalue weighted by Gasteiger charge is -2.56. The van der Waals surface area contributed by atoms with Crippen molar-refractivity contribution < 1.29 is 9.53 Å². The fraction of sp³-hybridized carbons (Fsp3) is 1.00. The predicted octanol–water partition coefficient (Wildman–Crippen LogP) is 2.50. The highest BCUT2D eigenvalue weighted by atomic mass is 29.6. The van der Waals surface area contributed by atoms with Crippen LogP contribution in [0.3, 0.4) is 0 Å². The molecule has 1 atom stereocenters. The Morgan fingerprint density at radius 3 is 1.86 bits per heavy atom. The SMILES string of the molecule is CC1(O)C[Si](C)(C)[Si](C)(C)[Si](C)(C)O1. The van der Waals surface area contributed by atoms with Crippen LogP contribution in [0, 0.1) is 0 Å². The molecule has 0 bridgehead atoms. The molecule has 1 unspecified atom stereocenters. The van der Waals surface area contributed by atoms with Crippen LogP contribution in [0.25, 0.3) is 0 Å². The van der Waals surface area contributed by atoms with Gasteiger partial charge in [0.2, 0.25) is 0 Å². The van der Waals surface area contributed by atoms with Gasteiger partial charge in [0, 0.05) is 7.59 Å². The Morgan fingerprint density at radius 2 is 1.50 bits per heavy atom. The van der Waals surface area contributed by atoms with Crippen LogP contribution in [0.2, 0.25) is 45.3 Å². The zero-order valence-corrected chi connectivity index (χ0v) is 13.6. The Balaban J connectivity index is 3.13. The van der Waals surface area contributed by atoms with Gasteiger partial charge in [-0.2, -0.15) is 0 Å². The van der Waals surface area contributed by atoms with Crippen LogP contribution in [0.5, 0.6) is 0 Å². The van der Waals surface area contributed by atoms with E-state index in [9.17, 15) is 5.11 Å². The van der Waals surface area contributed by atoms with E-state index < -0.39 is 28.3 Å². The Hall–Kier alpha value is 0.571. The fourth-order valence-corrected chi connectivity index (χ4v) is 32.5. The Morgan fingerprint density at radius 1 is 1.07 bits per heavy atom. The third kappa shape index (κ3) is 1.80. The standard InChI is InChI=1S/C9H24O2Si3/c1-9(10)8-12(2,3)14(6,7)13(4,5)11-9/h10H,8H2,1-7H3. The third-order valence-electron chi connectivity index (χ3n) is 4.44. The first-order chi connectivity index (χ1) is 5.91. The topological polar surface area (TPSA) is 29.5 Å². The highest BCUT2D eigenvalue weighted by molar-refractivity contribution is 7.67. The molecule has 1 N–H and O–H groups in total. The molecule has 0 aromatic rings. The highest BCUT2D eigenvalue weighted by Gasteiger charge is 2.61. The largest absolute Gasteiger partial charge is 0.394 e. The molecule has 1 fully saturated rings. The molecule has 0 saturated carbocycles. The van der Waals surface area contributed by atoms with Gasteiger partial charge in [-0.15, -0.1) is 0 Å². The van der Waals surface area contributed by atoms with Crippen molar-refractivity contribution in [2.75, 3.05) is 0 Å². The lowest BCUT2D eigenvalue weighted by molar-refractivity contribution is -0.111. The molecule has 0 aliphatic carbocycles. The highest BCUT2D eigenvalue weighted by Crippen LogP contribution is 2.42. The van der Waals surface area contributed by atoms with E-state index in [1.165, 1.54) is 0 Å². The van der Waals surface area contributed by atoms with Crippen molar-refractivity contribution in [2.45, 2.75) is 58.0 Å². The van der Waals surface area contributed by atoms with Crippen LogP contribution in [0.1, 0.15) is 6.92 Å². The zero-order chi connectivity index (χ0) is 11.4. The van der Waals surface area contributed by atoms with E-state index in [1.807, 2.05) is 6.92 Å². The molecule has 0 aromatic heterocycles. The number of hydrogen-bond donors (Lipinski definition) is 1. The van der Waals surface area contributed by atoms with E-state index in [2.05, 4.69) is 39.3 Å². The van der Waals surface area contributed by atoms with Crippen LogP contribution in [-0.4, -0.2) is 33.4 Å². The molecule has 0 radical (unpaired) electrons. The summed E-state index contributed by atoms with van der Waals surface area (Å²) < 4.78 is 6.00. The Kier molecular flexibility index (Phi) is 2.74. The number of aliphatic hydroxyl groups is 1. The molecule has 1 saturated heterocycles. The molecule has 1 aliphatic heterocycles. The maximum atomic E-state index is 10.1. The summed E-state index contributed by atoms with van der Waals surface area (Å²) >= 11 is 0. The van der Waals surface area contributed by atoms with Crippen molar-refractivity contribution in [3.8, 4) is 0 Å². The molecule has 84 valence electrons. The maximum absolute atomic E-state index is 10.1. The van der Waals surface area contributed by atoms with Crippen LogP contribution >= 0.6 is 0 Å². The van der Waals surface area contributed by atoms with E-state index >= 15 is 0 Å². The quantitative estimate of drug-likeness (QED) is 0.668. The van der Waals surface area contributed by atoms with E-state index in [0.717, 1.165) is 6.04 Å². The summed E-state index contributed by atoms with van der Waals surface area (Å²) in [7, 11) is -4.14. The minimum Gasteiger partial charge on any atom is -0.394 e. The van der Waals surface area contributed by atoms with Crippen LogP contribution in [0.4, 0.5) is 0 Å². The van der Waals surface area contributed by atoms with Crippen molar-refractivity contribution in [3.63, 3.8) is 0 Å². The zero-order valence-electron chi connectivity index (χ0n) is 10.6. The van der Waals surface area contributed by atoms with Gasteiger partial charge in [-0.05, 0) is 26.1 Å². The first kappa shape index (κ1) is 12.6. The van der Waals surface area contributed by atoms with E-state index in [-0.39, 0.29) is 0 Å². The van der Waals surface area contributed by atoms with Gasteiger partial charge in [0.25, 0.3) is 0 Å². The molecule has 2 nitrogen and oxygen atoms in total. The molecule has 1 heterocycles. The Labute approximate surface area is 90.4 Å². The normalized spacial score (nSPS) is 39.4. The summed E-state index contributed by atoms with van der Waals surface area (Å²) in [6.45, 7) is 16.3. The van der Waals surface area contributed by atoms with Gasteiger partial charge < -0.3 is 9.53 Å². The summed E-state index contributed by atoms with van der Waals surface area (Å²) in [5.74, 6) is -0.839. The van der Waals surface area contributed by atoms with Crippen molar-refractivity contribution in [1.29, 1.82) is 0 Å². The minimum atomic E-state index is -1.64. The van der Waals surface area contributed by atoms with Crippen LogP contribution in [0.15, 0.2) is 0 Å². The Bertz CT molecular complexity index is 224. The van der Waals surface area contributed by atoms with E-state index in [0.29, 0.717) is 0 Å². The molecular weight excluding hydrogens is 224 g/mol. The molecule has 1 rings (SSSR count). The lowest BCUT2D eigenvalue weighted by Crippen LogP contribution is -2.78. The first-order valence-corrected chi connectivity index (χ1v) is 16.5. The maximum Gasteiger partial charge on any atom is 0.175 e. The van der Waals surface area contributed by atoms with Crippen LogP contribution < -0.4 is 0 Å². The third-order valence-corrected chi connectivity index (χ3v) is 44.9. The summed E-state index contributed by atoms with van der Waals surface area (Å²) in [5.41, 5.74) is 0. The van der Waals surface area contributed by atoms with E-state index in [1.54, 1.807) is 0 Å².